The third kappa shape index (κ3) is 7.80. The van der Waals surface area contributed by atoms with Crippen molar-refractivity contribution in [3.05, 3.63) is 81.8 Å². The predicted molar refractivity (Wildman–Crippen MR) is 143 cm³/mol. The molecule has 0 saturated carbocycles. The summed E-state index contributed by atoms with van der Waals surface area (Å²) >= 11 is 3.68. The molecular weight excluding hydrogens is 492 g/mol. The third-order valence-corrected chi connectivity index (χ3v) is 5.85. The summed E-state index contributed by atoms with van der Waals surface area (Å²) < 4.78 is 12.9. The zero-order valence-electron chi connectivity index (χ0n) is 20.3. The molecule has 0 aliphatic rings. The second-order valence-corrected chi connectivity index (χ2v) is 9.54. The fourth-order valence-electron chi connectivity index (χ4n) is 3.54. The van der Waals surface area contributed by atoms with Gasteiger partial charge in [0.15, 0.2) is 11.5 Å². The van der Waals surface area contributed by atoms with Gasteiger partial charge in [0, 0.05) is 28.8 Å². The molecule has 0 atom stereocenters. The van der Waals surface area contributed by atoms with Crippen LogP contribution in [0.5, 0.6) is 11.5 Å². The van der Waals surface area contributed by atoms with Crippen LogP contribution < -0.4 is 20.1 Å². The Morgan fingerprint density at radius 3 is 2.44 bits per heavy atom. The van der Waals surface area contributed by atoms with Gasteiger partial charge in [-0.3, -0.25) is 4.79 Å². The average Bonchev–Trinajstić information content (AvgIpc) is 2.78. The van der Waals surface area contributed by atoms with Gasteiger partial charge in [-0.25, -0.2) is 0 Å². The van der Waals surface area contributed by atoms with E-state index < -0.39 is 0 Å². The first kappa shape index (κ1) is 25.6. The largest absolute Gasteiger partial charge is 0.490 e. The lowest BCUT2D eigenvalue weighted by Gasteiger charge is -2.16. The molecule has 3 rings (SSSR count). The molecule has 0 heterocycles. The number of halogens is 1. The van der Waals surface area contributed by atoms with E-state index in [1.807, 2.05) is 63.2 Å². The monoisotopic (exact) mass is 524 g/mol. The molecule has 2 N–H and O–H groups in total. The Morgan fingerprint density at radius 2 is 1.71 bits per heavy atom. The highest BCUT2D eigenvalue weighted by molar-refractivity contribution is 9.10. The van der Waals surface area contributed by atoms with E-state index in [1.54, 1.807) is 0 Å². The molecular formula is C28H33BrN2O3. The minimum atomic E-state index is 0.0255. The minimum Gasteiger partial charge on any atom is -0.490 e. The average molecular weight is 525 g/mol. The number of carbonyl (C=O) groups excluding carboxylic acids is 1. The lowest BCUT2D eigenvalue weighted by atomic mass is 10.1. The van der Waals surface area contributed by atoms with Crippen molar-refractivity contribution in [2.24, 2.45) is 5.92 Å². The quantitative estimate of drug-likeness (QED) is 0.275. The van der Waals surface area contributed by atoms with Crippen molar-refractivity contribution in [1.82, 2.24) is 0 Å². The zero-order chi connectivity index (χ0) is 24.5. The summed E-state index contributed by atoms with van der Waals surface area (Å²) in [4.78, 5) is 12.1. The highest BCUT2D eigenvalue weighted by atomic mass is 79.9. The second-order valence-electron chi connectivity index (χ2n) is 8.68. The Kier molecular flexibility index (Phi) is 9.40. The molecule has 0 fully saturated rings. The molecule has 3 aromatic carbocycles. The molecule has 0 radical (unpaired) electrons. The van der Waals surface area contributed by atoms with Gasteiger partial charge >= 0.3 is 0 Å². The van der Waals surface area contributed by atoms with Crippen LogP contribution in [0.4, 0.5) is 11.4 Å². The highest BCUT2D eigenvalue weighted by Crippen LogP contribution is 2.35. The molecule has 1 amide bonds. The molecule has 0 bridgehead atoms. The number of ether oxygens (including phenoxy) is 2. The second kappa shape index (κ2) is 12.5. The van der Waals surface area contributed by atoms with E-state index in [0.717, 1.165) is 27.0 Å². The molecule has 34 heavy (non-hydrogen) atoms. The molecule has 5 nitrogen and oxygen atoms in total. The first-order valence-corrected chi connectivity index (χ1v) is 12.4. The van der Waals surface area contributed by atoms with Crippen LogP contribution in [0.3, 0.4) is 0 Å². The molecule has 6 heteroatoms. The fourth-order valence-corrected chi connectivity index (χ4v) is 4.01. The summed E-state index contributed by atoms with van der Waals surface area (Å²) in [5, 5.41) is 6.39. The van der Waals surface area contributed by atoms with Crippen LogP contribution >= 0.6 is 15.9 Å². The zero-order valence-corrected chi connectivity index (χ0v) is 21.9. The van der Waals surface area contributed by atoms with Crippen LogP contribution in [0.2, 0.25) is 0 Å². The maximum absolute atomic E-state index is 12.1. The Balaban J connectivity index is 1.68. The first-order chi connectivity index (χ1) is 16.3. The number of anilines is 2. The van der Waals surface area contributed by atoms with Crippen molar-refractivity contribution in [3.63, 3.8) is 0 Å². The lowest BCUT2D eigenvalue weighted by molar-refractivity contribution is -0.116. The van der Waals surface area contributed by atoms with E-state index in [2.05, 4.69) is 51.7 Å². The van der Waals surface area contributed by atoms with Gasteiger partial charge in [-0.1, -0.05) is 65.7 Å². The summed E-state index contributed by atoms with van der Waals surface area (Å²) in [5.41, 5.74) is 5.07. The van der Waals surface area contributed by atoms with Crippen LogP contribution in [-0.4, -0.2) is 12.5 Å². The van der Waals surface area contributed by atoms with E-state index in [0.29, 0.717) is 43.6 Å². The van der Waals surface area contributed by atoms with Crippen molar-refractivity contribution in [3.8, 4) is 11.5 Å². The Labute approximate surface area is 211 Å². The molecule has 0 aliphatic heterocycles. The van der Waals surface area contributed by atoms with E-state index in [4.69, 9.17) is 9.47 Å². The van der Waals surface area contributed by atoms with Gasteiger partial charge in [-0.05, 0) is 61.2 Å². The molecule has 0 spiro atoms. The van der Waals surface area contributed by atoms with Gasteiger partial charge < -0.3 is 20.1 Å². The number of rotatable bonds is 11. The van der Waals surface area contributed by atoms with Gasteiger partial charge in [0.1, 0.15) is 6.61 Å². The molecule has 0 aromatic heterocycles. The molecule has 0 saturated heterocycles. The summed E-state index contributed by atoms with van der Waals surface area (Å²) in [6.07, 6.45) is 0.503. The molecule has 0 aliphatic carbocycles. The van der Waals surface area contributed by atoms with E-state index in [-0.39, 0.29) is 5.91 Å². The Hall–Kier alpha value is -2.99. The maximum Gasteiger partial charge on any atom is 0.224 e. The summed E-state index contributed by atoms with van der Waals surface area (Å²) in [6, 6.07) is 20.0. The first-order valence-electron chi connectivity index (χ1n) is 11.6. The van der Waals surface area contributed by atoms with Gasteiger partial charge in [-0.15, -0.1) is 0 Å². The summed E-state index contributed by atoms with van der Waals surface area (Å²) in [6.45, 7) is 9.71. The van der Waals surface area contributed by atoms with Crippen molar-refractivity contribution in [1.29, 1.82) is 0 Å². The predicted octanol–water partition coefficient (Wildman–Crippen LogP) is 7.33. The standard InChI is InChI=1S/C28H33BrN2O3/c1-5-33-26-14-22(25(29)16-27(26)34-18-21-9-6-8-20(4)13-21)17-30-23-10-7-11-24(15-23)31-28(32)12-19(2)3/h6-11,13-16,19,30H,5,12,17-18H2,1-4H3,(H,31,32). The van der Waals surface area contributed by atoms with Crippen molar-refractivity contribution in [2.45, 2.75) is 47.3 Å². The smallest absolute Gasteiger partial charge is 0.224 e. The van der Waals surface area contributed by atoms with E-state index in [1.165, 1.54) is 5.56 Å². The van der Waals surface area contributed by atoms with Crippen LogP contribution in [0.15, 0.2) is 65.1 Å². The number of amides is 1. The lowest BCUT2D eigenvalue weighted by Crippen LogP contribution is -2.14. The van der Waals surface area contributed by atoms with Gasteiger partial charge in [-0.2, -0.15) is 0 Å². The van der Waals surface area contributed by atoms with Gasteiger partial charge in [0.2, 0.25) is 5.91 Å². The number of aryl methyl sites for hydroxylation is 1. The molecule has 3 aromatic rings. The Morgan fingerprint density at radius 1 is 0.971 bits per heavy atom. The Bertz CT molecular complexity index is 1110. The summed E-state index contributed by atoms with van der Waals surface area (Å²) in [5.74, 6) is 1.76. The number of benzene rings is 3. The number of nitrogens with one attached hydrogen (secondary N) is 2. The minimum absolute atomic E-state index is 0.0255. The third-order valence-electron chi connectivity index (χ3n) is 5.11. The van der Waals surface area contributed by atoms with Gasteiger partial charge in [0.05, 0.1) is 6.61 Å². The SMILES string of the molecule is CCOc1cc(CNc2cccc(NC(=O)CC(C)C)c2)c(Br)cc1OCc1cccc(C)c1. The van der Waals surface area contributed by atoms with Crippen molar-refractivity contribution in [2.75, 3.05) is 17.2 Å². The van der Waals surface area contributed by atoms with E-state index in [9.17, 15) is 4.79 Å². The molecule has 180 valence electrons. The number of hydrogen-bond donors (Lipinski definition) is 2. The number of carbonyl (C=O) groups is 1. The highest BCUT2D eigenvalue weighted by Gasteiger charge is 2.12. The van der Waals surface area contributed by atoms with Gasteiger partial charge in [0.25, 0.3) is 0 Å². The van der Waals surface area contributed by atoms with Crippen molar-refractivity contribution < 1.29 is 14.3 Å². The molecule has 0 unspecified atom stereocenters. The van der Waals surface area contributed by atoms with E-state index >= 15 is 0 Å². The fraction of sp³-hybridized carbons (Fsp3) is 0.321. The summed E-state index contributed by atoms with van der Waals surface area (Å²) in [7, 11) is 0. The number of hydrogen-bond acceptors (Lipinski definition) is 4. The van der Waals surface area contributed by atoms with Crippen molar-refractivity contribution >= 4 is 33.2 Å². The van der Waals surface area contributed by atoms with Crippen LogP contribution in [0.25, 0.3) is 0 Å². The van der Waals surface area contributed by atoms with Crippen LogP contribution in [0.1, 0.15) is 43.9 Å². The van der Waals surface area contributed by atoms with Crippen LogP contribution in [0, 0.1) is 12.8 Å². The van der Waals surface area contributed by atoms with Crippen LogP contribution in [-0.2, 0) is 17.9 Å². The normalized spacial score (nSPS) is 10.8. The topological polar surface area (TPSA) is 59.6 Å². The maximum atomic E-state index is 12.1.